The molecular formula is C13H10FNO3. The van der Waals surface area contributed by atoms with Crippen molar-refractivity contribution in [2.24, 2.45) is 0 Å². The van der Waals surface area contributed by atoms with Crippen molar-refractivity contribution in [3.8, 4) is 17.0 Å². The van der Waals surface area contributed by atoms with E-state index >= 15 is 0 Å². The summed E-state index contributed by atoms with van der Waals surface area (Å²) in [6.07, 6.45) is 1.25. The lowest BCUT2D eigenvalue weighted by Crippen LogP contribution is -2.02. The molecule has 0 saturated heterocycles. The van der Waals surface area contributed by atoms with Crippen LogP contribution in [0.25, 0.3) is 11.3 Å². The number of hydrogen-bond donors (Lipinski definition) is 1. The number of hydrogen-bond acceptors (Lipinski definition) is 4. The minimum absolute atomic E-state index is 0.0170. The Kier molecular flexibility index (Phi) is 3.23. The molecule has 2 rings (SSSR count). The number of pyridine rings is 1. The second-order valence-electron chi connectivity index (χ2n) is 3.62. The lowest BCUT2D eigenvalue weighted by molar-refractivity contribution is 0.0600. The zero-order valence-electron chi connectivity index (χ0n) is 9.55. The van der Waals surface area contributed by atoms with Gasteiger partial charge in [-0.2, -0.15) is 0 Å². The fourth-order valence-corrected chi connectivity index (χ4v) is 1.53. The summed E-state index contributed by atoms with van der Waals surface area (Å²) in [6.45, 7) is 0. The fourth-order valence-electron chi connectivity index (χ4n) is 1.53. The lowest BCUT2D eigenvalue weighted by atomic mass is 10.1. The largest absolute Gasteiger partial charge is 0.506 e. The summed E-state index contributed by atoms with van der Waals surface area (Å²) in [5.74, 6) is -1.15. The van der Waals surface area contributed by atoms with Gasteiger partial charge in [-0.15, -0.1) is 0 Å². The van der Waals surface area contributed by atoms with E-state index in [1.165, 1.54) is 37.6 Å². The summed E-state index contributed by atoms with van der Waals surface area (Å²) < 4.78 is 17.9. The highest BCUT2D eigenvalue weighted by molar-refractivity contribution is 5.90. The quantitative estimate of drug-likeness (QED) is 0.828. The molecule has 1 N–H and O–H groups in total. The van der Waals surface area contributed by atoms with Crippen LogP contribution in [0.2, 0.25) is 0 Å². The molecular weight excluding hydrogens is 237 g/mol. The minimum atomic E-state index is -0.616. The third kappa shape index (κ3) is 2.45. The van der Waals surface area contributed by atoms with Crippen molar-refractivity contribution < 1.29 is 19.0 Å². The Morgan fingerprint density at radius 3 is 2.72 bits per heavy atom. The van der Waals surface area contributed by atoms with Gasteiger partial charge in [-0.3, -0.25) is 4.98 Å². The van der Waals surface area contributed by atoms with Crippen molar-refractivity contribution in [1.29, 1.82) is 0 Å². The van der Waals surface area contributed by atoms with Crippen LogP contribution in [0, 0.1) is 5.82 Å². The molecule has 0 unspecified atom stereocenters. The first-order valence-corrected chi connectivity index (χ1v) is 5.14. The van der Waals surface area contributed by atoms with Crippen molar-refractivity contribution >= 4 is 5.97 Å². The molecule has 0 amide bonds. The summed E-state index contributed by atoms with van der Waals surface area (Å²) in [6, 6.07) is 6.80. The molecule has 0 fully saturated rings. The number of nitrogens with zero attached hydrogens (tertiary/aromatic N) is 1. The SMILES string of the molecule is COC(=O)c1cc(F)cc(-c2ccc(O)cn2)c1. The lowest BCUT2D eigenvalue weighted by Gasteiger charge is -2.04. The summed E-state index contributed by atoms with van der Waals surface area (Å²) in [4.78, 5) is 15.3. The van der Waals surface area contributed by atoms with Crippen LogP contribution in [-0.2, 0) is 4.74 Å². The second kappa shape index (κ2) is 4.83. The van der Waals surface area contributed by atoms with Crippen LogP contribution in [-0.4, -0.2) is 23.2 Å². The number of methoxy groups -OCH3 is 1. The van der Waals surface area contributed by atoms with Gasteiger partial charge in [0.1, 0.15) is 11.6 Å². The van der Waals surface area contributed by atoms with E-state index in [4.69, 9.17) is 5.11 Å². The second-order valence-corrected chi connectivity index (χ2v) is 3.62. The predicted molar refractivity (Wildman–Crippen MR) is 62.6 cm³/mol. The molecule has 4 nitrogen and oxygen atoms in total. The number of esters is 1. The van der Waals surface area contributed by atoms with Gasteiger partial charge in [-0.25, -0.2) is 9.18 Å². The van der Waals surface area contributed by atoms with Crippen LogP contribution in [0.4, 0.5) is 4.39 Å². The average Bonchev–Trinajstić information content (AvgIpc) is 2.38. The molecule has 1 aromatic carbocycles. The molecule has 92 valence electrons. The Morgan fingerprint density at radius 1 is 1.33 bits per heavy atom. The molecule has 2 aromatic rings. The van der Waals surface area contributed by atoms with E-state index in [0.29, 0.717) is 11.3 Å². The standard InChI is InChI=1S/C13H10FNO3/c1-18-13(17)9-4-8(5-10(14)6-9)12-3-2-11(16)7-15-12/h2-7,16H,1H3. The van der Waals surface area contributed by atoms with Gasteiger partial charge in [-0.1, -0.05) is 0 Å². The van der Waals surface area contributed by atoms with Crippen molar-refractivity contribution in [2.45, 2.75) is 0 Å². The highest BCUT2D eigenvalue weighted by atomic mass is 19.1. The van der Waals surface area contributed by atoms with E-state index < -0.39 is 11.8 Å². The molecule has 1 heterocycles. The van der Waals surface area contributed by atoms with Crippen molar-refractivity contribution in [2.75, 3.05) is 7.11 Å². The molecule has 5 heteroatoms. The van der Waals surface area contributed by atoms with Crippen LogP contribution < -0.4 is 0 Å². The average molecular weight is 247 g/mol. The van der Waals surface area contributed by atoms with Gasteiger partial charge < -0.3 is 9.84 Å². The van der Waals surface area contributed by atoms with Crippen LogP contribution in [0.3, 0.4) is 0 Å². The smallest absolute Gasteiger partial charge is 0.337 e. The molecule has 1 aromatic heterocycles. The number of aromatic nitrogens is 1. The highest BCUT2D eigenvalue weighted by Gasteiger charge is 2.10. The Bertz CT molecular complexity index is 581. The zero-order chi connectivity index (χ0) is 13.1. The maximum Gasteiger partial charge on any atom is 0.337 e. The van der Waals surface area contributed by atoms with Crippen molar-refractivity contribution in [1.82, 2.24) is 4.98 Å². The van der Waals surface area contributed by atoms with Gasteiger partial charge >= 0.3 is 5.97 Å². The minimum Gasteiger partial charge on any atom is -0.506 e. The number of benzene rings is 1. The van der Waals surface area contributed by atoms with E-state index in [1.54, 1.807) is 0 Å². The van der Waals surface area contributed by atoms with Crippen LogP contribution in [0.1, 0.15) is 10.4 Å². The number of carbonyl (C=O) groups is 1. The van der Waals surface area contributed by atoms with Crippen LogP contribution in [0.5, 0.6) is 5.75 Å². The fraction of sp³-hybridized carbons (Fsp3) is 0.0769. The Hall–Kier alpha value is -2.43. The molecule has 0 aliphatic heterocycles. The van der Waals surface area contributed by atoms with Gasteiger partial charge in [-0.05, 0) is 30.3 Å². The Morgan fingerprint density at radius 2 is 2.11 bits per heavy atom. The Balaban J connectivity index is 2.48. The molecule has 0 atom stereocenters. The summed E-state index contributed by atoms with van der Waals surface area (Å²) in [5, 5.41) is 9.13. The predicted octanol–water partition coefficient (Wildman–Crippen LogP) is 2.38. The molecule has 18 heavy (non-hydrogen) atoms. The van der Waals surface area contributed by atoms with Gasteiger partial charge in [0.05, 0.1) is 24.6 Å². The topological polar surface area (TPSA) is 59.4 Å². The van der Waals surface area contributed by atoms with Gasteiger partial charge in [0.15, 0.2) is 0 Å². The first kappa shape index (κ1) is 12.0. The van der Waals surface area contributed by atoms with Crippen molar-refractivity contribution in [3.05, 3.63) is 47.9 Å². The third-order valence-corrected chi connectivity index (χ3v) is 2.36. The summed E-state index contributed by atoms with van der Waals surface area (Å²) in [5.41, 5.74) is 1.01. The number of ether oxygens (including phenoxy) is 1. The van der Waals surface area contributed by atoms with Gasteiger partial charge in [0, 0.05) is 5.56 Å². The molecule has 0 spiro atoms. The number of halogens is 1. The number of aromatic hydroxyl groups is 1. The first-order valence-electron chi connectivity index (χ1n) is 5.14. The highest BCUT2D eigenvalue weighted by Crippen LogP contribution is 2.22. The summed E-state index contributed by atoms with van der Waals surface area (Å²) in [7, 11) is 1.23. The van der Waals surface area contributed by atoms with Crippen LogP contribution >= 0.6 is 0 Å². The maximum atomic E-state index is 13.4. The van der Waals surface area contributed by atoms with E-state index in [1.807, 2.05) is 0 Å². The Labute approximate surface area is 103 Å². The van der Waals surface area contributed by atoms with Crippen LogP contribution in [0.15, 0.2) is 36.5 Å². The molecule has 0 bridgehead atoms. The van der Waals surface area contributed by atoms with Gasteiger partial charge in [0.2, 0.25) is 0 Å². The summed E-state index contributed by atoms with van der Waals surface area (Å²) >= 11 is 0. The monoisotopic (exact) mass is 247 g/mol. The van der Waals surface area contributed by atoms with E-state index in [0.717, 1.165) is 6.07 Å². The number of carbonyl (C=O) groups excluding carboxylic acids is 1. The normalized spacial score (nSPS) is 10.1. The molecule has 0 saturated carbocycles. The molecule has 0 aliphatic rings. The van der Waals surface area contributed by atoms with E-state index in [-0.39, 0.29) is 11.3 Å². The van der Waals surface area contributed by atoms with Crippen molar-refractivity contribution in [3.63, 3.8) is 0 Å². The van der Waals surface area contributed by atoms with E-state index in [9.17, 15) is 9.18 Å². The van der Waals surface area contributed by atoms with E-state index in [2.05, 4.69) is 9.72 Å². The molecule has 0 aliphatic carbocycles. The number of rotatable bonds is 2. The first-order chi connectivity index (χ1) is 8.60. The maximum absolute atomic E-state index is 13.4. The zero-order valence-corrected chi connectivity index (χ0v) is 9.55. The third-order valence-electron chi connectivity index (χ3n) is 2.36. The van der Waals surface area contributed by atoms with Gasteiger partial charge in [0.25, 0.3) is 0 Å². The molecule has 0 radical (unpaired) electrons.